The van der Waals surface area contributed by atoms with E-state index in [1.807, 2.05) is 0 Å². The van der Waals surface area contributed by atoms with Gasteiger partial charge in [-0.2, -0.15) is 0 Å². The SMILES string of the molecule is CON(OC)ON(O)OCCC(=O)O. The largest absolute Gasteiger partial charge is 0.481 e. The van der Waals surface area contributed by atoms with Crippen molar-refractivity contribution in [3.8, 4) is 0 Å². The highest BCUT2D eigenvalue weighted by Crippen LogP contribution is 1.95. The summed E-state index contributed by atoms with van der Waals surface area (Å²) in [4.78, 5) is 27.5. The third-order valence-corrected chi connectivity index (χ3v) is 0.952. The fourth-order valence-electron chi connectivity index (χ4n) is 0.433. The van der Waals surface area contributed by atoms with Crippen molar-refractivity contribution in [1.29, 1.82) is 0 Å². The summed E-state index contributed by atoms with van der Waals surface area (Å²) in [5, 5.41) is 17.4. The van der Waals surface area contributed by atoms with Crippen LogP contribution in [0.5, 0.6) is 0 Å². The van der Waals surface area contributed by atoms with E-state index < -0.39 is 5.97 Å². The molecule has 14 heavy (non-hydrogen) atoms. The fraction of sp³-hybridized carbons (Fsp3) is 0.800. The van der Waals surface area contributed by atoms with Crippen molar-refractivity contribution in [2.75, 3.05) is 20.8 Å². The van der Waals surface area contributed by atoms with Crippen molar-refractivity contribution >= 4 is 5.97 Å². The molecule has 0 radical (unpaired) electrons. The Hall–Kier alpha value is -0.810. The van der Waals surface area contributed by atoms with Crippen LogP contribution in [0.25, 0.3) is 0 Å². The number of nitrogens with zero attached hydrogens (tertiary/aromatic N) is 2. The molecule has 9 heteroatoms. The maximum atomic E-state index is 10.0. The summed E-state index contributed by atoms with van der Waals surface area (Å²) in [7, 11) is 2.43. The Balaban J connectivity index is 3.53. The van der Waals surface area contributed by atoms with Crippen LogP contribution in [0, 0.1) is 0 Å². The predicted octanol–water partition coefficient (Wildman–Crippen LogP) is -0.645. The van der Waals surface area contributed by atoms with Gasteiger partial charge in [-0.05, 0) is 0 Å². The number of aliphatic carboxylic acids is 1. The van der Waals surface area contributed by atoms with E-state index in [0.29, 0.717) is 5.39 Å². The van der Waals surface area contributed by atoms with Crippen molar-refractivity contribution in [3.05, 3.63) is 0 Å². The molecule has 0 rings (SSSR count). The maximum absolute atomic E-state index is 10.0. The lowest BCUT2D eigenvalue weighted by atomic mass is 10.5. The molecule has 0 aromatic rings. The smallest absolute Gasteiger partial charge is 0.305 e. The predicted molar refractivity (Wildman–Crippen MR) is 38.8 cm³/mol. The first kappa shape index (κ1) is 13.2. The van der Waals surface area contributed by atoms with E-state index in [9.17, 15) is 4.79 Å². The van der Waals surface area contributed by atoms with Gasteiger partial charge in [-0.15, -0.1) is 4.94 Å². The third-order valence-electron chi connectivity index (χ3n) is 0.952. The summed E-state index contributed by atoms with van der Waals surface area (Å²) in [6.45, 7) is -0.257. The quantitative estimate of drug-likeness (QED) is 0.508. The Bertz CT molecular complexity index is 162. The summed E-state index contributed by atoms with van der Waals surface area (Å²) >= 11 is 0. The molecule has 0 aliphatic heterocycles. The molecule has 84 valence electrons. The van der Waals surface area contributed by atoms with E-state index >= 15 is 0 Å². The molecule has 0 fully saturated rings. The standard InChI is InChI=1S/C5H12N2O7/c1-11-7(12-2)14-6(10)13-4-3-5(8)9/h10H,3-4H2,1-2H3,(H,8,9). The molecular weight excluding hydrogens is 200 g/mol. The molecule has 0 unspecified atom stereocenters. The molecule has 0 saturated carbocycles. The minimum Gasteiger partial charge on any atom is -0.481 e. The Morgan fingerprint density at radius 1 is 1.36 bits per heavy atom. The van der Waals surface area contributed by atoms with Crippen LogP contribution in [0.1, 0.15) is 6.42 Å². The van der Waals surface area contributed by atoms with Crippen LogP contribution in [0.15, 0.2) is 0 Å². The van der Waals surface area contributed by atoms with Crippen molar-refractivity contribution in [3.63, 3.8) is 0 Å². The first-order valence-electron chi connectivity index (χ1n) is 3.50. The lowest BCUT2D eigenvalue weighted by molar-refractivity contribution is -0.668. The number of hydrogen-bond acceptors (Lipinski definition) is 8. The minimum absolute atomic E-state index is 0.0874. The number of carbonyl (C=O) groups is 1. The highest BCUT2D eigenvalue weighted by atomic mass is 17.3. The molecule has 0 bridgehead atoms. The van der Waals surface area contributed by atoms with Gasteiger partial charge in [0.05, 0.1) is 38.0 Å². The fourth-order valence-corrected chi connectivity index (χ4v) is 0.433. The van der Waals surface area contributed by atoms with Crippen LogP contribution in [-0.2, 0) is 24.2 Å². The van der Waals surface area contributed by atoms with E-state index in [1.54, 1.807) is 0 Å². The van der Waals surface area contributed by atoms with E-state index in [4.69, 9.17) is 10.3 Å². The molecule has 0 aromatic heterocycles. The van der Waals surface area contributed by atoms with Gasteiger partial charge in [0.15, 0.2) is 0 Å². The lowest BCUT2D eigenvalue weighted by Crippen LogP contribution is -2.32. The van der Waals surface area contributed by atoms with E-state index in [2.05, 4.69) is 19.5 Å². The van der Waals surface area contributed by atoms with Gasteiger partial charge in [-0.3, -0.25) is 19.7 Å². The zero-order valence-electron chi connectivity index (χ0n) is 7.74. The second-order valence-electron chi connectivity index (χ2n) is 1.89. The lowest BCUT2D eigenvalue weighted by Gasteiger charge is -2.18. The molecule has 0 aromatic carbocycles. The van der Waals surface area contributed by atoms with Crippen molar-refractivity contribution in [2.24, 2.45) is 0 Å². The molecule has 0 amide bonds. The first-order valence-corrected chi connectivity index (χ1v) is 3.50. The van der Waals surface area contributed by atoms with E-state index in [1.165, 1.54) is 14.2 Å². The molecule has 0 aliphatic carbocycles. The molecule has 0 spiro atoms. The Labute approximate surface area is 79.6 Å². The van der Waals surface area contributed by atoms with Crippen LogP contribution in [0.3, 0.4) is 0 Å². The molecule has 0 atom stereocenters. The van der Waals surface area contributed by atoms with Crippen LogP contribution >= 0.6 is 0 Å². The second kappa shape index (κ2) is 7.58. The Morgan fingerprint density at radius 3 is 2.36 bits per heavy atom. The zero-order valence-corrected chi connectivity index (χ0v) is 7.74. The highest BCUT2D eigenvalue weighted by molar-refractivity contribution is 5.66. The average Bonchev–Trinajstić information content (AvgIpc) is 2.13. The summed E-state index contributed by atoms with van der Waals surface area (Å²) < 4.78 is 0. The number of hydrogen-bond donors (Lipinski definition) is 2. The topological polar surface area (TPSA) is 101 Å². The molecule has 2 N–H and O–H groups in total. The number of rotatable bonds is 8. The van der Waals surface area contributed by atoms with Gasteiger partial charge in [-0.1, -0.05) is 0 Å². The summed E-state index contributed by atoms with van der Waals surface area (Å²) in [5.41, 5.74) is 0. The van der Waals surface area contributed by atoms with E-state index in [0.717, 1.165) is 0 Å². The Kier molecular flexibility index (Phi) is 7.14. The highest BCUT2D eigenvalue weighted by Gasteiger charge is 2.10. The minimum atomic E-state index is -1.06. The van der Waals surface area contributed by atoms with Gasteiger partial charge in [0, 0.05) is 0 Å². The van der Waals surface area contributed by atoms with Crippen LogP contribution in [0.2, 0.25) is 0 Å². The normalized spacial score (nSPS) is 11.2. The summed E-state index contributed by atoms with van der Waals surface area (Å²) in [6, 6.07) is 0. The average molecular weight is 212 g/mol. The second-order valence-corrected chi connectivity index (χ2v) is 1.89. The van der Waals surface area contributed by atoms with Crippen LogP contribution in [0.4, 0.5) is 0 Å². The molecule has 0 saturated heterocycles. The van der Waals surface area contributed by atoms with Crippen LogP contribution < -0.4 is 0 Å². The first-order chi connectivity index (χ1) is 6.60. The third kappa shape index (κ3) is 6.68. The number of carboxylic acid groups (broad SMARTS) is 1. The van der Waals surface area contributed by atoms with Gasteiger partial charge in [-0.25, -0.2) is 4.84 Å². The molecule has 0 heterocycles. The van der Waals surface area contributed by atoms with Crippen LogP contribution in [-0.4, -0.2) is 47.9 Å². The van der Waals surface area contributed by atoms with Gasteiger partial charge < -0.3 is 5.11 Å². The molecular formula is C5H12N2O7. The van der Waals surface area contributed by atoms with Crippen molar-refractivity contribution in [2.45, 2.75) is 6.42 Å². The molecule has 9 nitrogen and oxygen atoms in total. The number of carboxylic acids is 1. The molecule has 0 aliphatic rings. The zero-order chi connectivity index (χ0) is 11.0. The maximum Gasteiger partial charge on any atom is 0.305 e. The summed E-state index contributed by atoms with van der Waals surface area (Å²) in [6.07, 6.45) is -0.277. The van der Waals surface area contributed by atoms with Gasteiger partial charge in [0.2, 0.25) is 0 Å². The Morgan fingerprint density at radius 2 is 1.93 bits per heavy atom. The monoisotopic (exact) mass is 212 g/mol. The van der Waals surface area contributed by atoms with Gasteiger partial charge >= 0.3 is 5.97 Å². The summed E-state index contributed by atoms with van der Waals surface area (Å²) in [5.74, 6) is -1.06. The van der Waals surface area contributed by atoms with E-state index in [-0.39, 0.29) is 18.4 Å². The van der Waals surface area contributed by atoms with Gasteiger partial charge in [0.25, 0.3) is 0 Å². The van der Waals surface area contributed by atoms with Crippen molar-refractivity contribution in [1.82, 2.24) is 10.8 Å². The van der Waals surface area contributed by atoms with Crippen molar-refractivity contribution < 1.29 is 34.6 Å². The van der Waals surface area contributed by atoms with Gasteiger partial charge in [0.1, 0.15) is 0 Å².